The molecule has 0 radical (unpaired) electrons. The Morgan fingerprint density at radius 2 is 2.14 bits per heavy atom. The summed E-state index contributed by atoms with van der Waals surface area (Å²) in [6.45, 7) is 1.46. The van der Waals surface area contributed by atoms with Crippen molar-refractivity contribution in [2.75, 3.05) is 13.1 Å². The molecule has 0 aromatic heterocycles. The number of carbonyl (C=O) groups is 1. The van der Waals surface area contributed by atoms with Crippen molar-refractivity contribution in [3.63, 3.8) is 0 Å². The maximum absolute atomic E-state index is 12.9. The summed E-state index contributed by atoms with van der Waals surface area (Å²) in [6, 6.07) is 4.59. The number of aliphatic carboxylic acids is 1. The van der Waals surface area contributed by atoms with Crippen molar-refractivity contribution < 1.29 is 28.2 Å². The van der Waals surface area contributed by atoms with Crippen LogP contribution in [0, 0.1) is 5.92 Å². The third-order valence-corrected chi connectivity index (χ3v) is 3.38. The molecule has 21 heavy (non-hydrogen) atoms. The van der Waals surface area contributed by atoms with E-state index in [1.807, 2.05) is 4.90 Å². The highest BCUT2D eigenvalue weighted by Gasteiger charge is 2.43. The number of carboxylic acids is 1. The van der Waals surface area contributed by atoms with Gasteiger partial charge in [0.1, 0.15) is 0 Å². The number of nitrogens with zero attached hydrogens (tertiary/aromatic N) is 1. The van der Waals surface area contributed by atoms with Gasteiger partial charge in [0.25, 0.3) is 0 Å². The molecule has 1 aromatic rings. The van der Waals surface area contributed by atoms with Gasteiger partial charge in [0, 0.05) is 19.6 Å². The molecule has 0 bridgehead atoms. The summed E-state index contributed by atoms with van der Waals surface area (Å²) >= 11 is 0. The summed E-state index contributed by atoms with van der Waals surface area (Å²) in [7, 11) is 0. The van der Waals surface area contributed by atoms with Crippen LogP contribution >= 0.6 is 0 Å². The first-order valence-electron chi connectivity index (χ1n) is 6.43. The van der Waals surface area contributed by atoms with E-state index in [0.717, 1.165) is 5.56 Å². The third kappa shape index (κ3) is 2.97. The van der Waals surface area contributed by atoms with Crippen LogP contribution in [-0.4, -0.2) is 35.4 Å². The van der Waals surface area contributed by atoms with Crippen molar-refractivity contribution in [1.29, 1.82) is 0 Å². The van der Waals surface area contributed by atoms with Crippen LogP contribution in [0.15, 0.2) is 30.4 Å². The van der Waals surface area contributed by atoms with E-state index in [1.54, 1.807) is 18.2 Å². The van der Waals surface area contributed by atoms with Crippen LogP contribution in [0.5, 0.6) is 11.5 Å². The molecule has 0 fully saturated rings. The summed E-state index contributed by atoms with van der Waals surface area (Å²) in [5.41, 5.74) is 0.759. The van der Waals surface area contributed by atoms with Crippen LogP contribution in [0.25, 0.3) is 0 Å². The minimum absolute atomic E-state index is 0.000152. The van der Waals surface area contributed by atoms with Gasteiger partial charge in [0.15, 0.2) is 11.5 Å². The number of hydrogen-bond acceptors (Lipinski definition) is 4. The van der Waals surface area contributed by atoms with Crippen molar-refractivity contribution in [2.24, 2.45) is 5.92 Å². The van der Waals surface area contributed by atoms with E-state index >= 15 is 0 Å². The van der Waals surface area contributed by atoms with Crippen LogP contribution in [0.4, 0.5) is 8.78 Å². The summed E-state index contributed by atoms with van der Waals surface area (Å²) < 4.78 is 34.6. The van der Waals surface area contributed by atoms with E-state index in [9.17, 15) is 13.6 Å². The molecule has 0 saturated carbocycles. The number of ether oxygens (including phenoxy) is 2. The van der Waals surface area contributed by atoms with Gasteiger partial charge in [-0.1, -0.05) is 18.2 Å². The minimum Gasteiger partial charge on any atom is -0.481 e. The van der Waals surface area contributed by atoms with Crippen molar-refractivity contribution in [3.8, 4) is 11.5 Å². The molecule has 2 aliphatic heterocycles. The normalized spacial score (nSPS) is 23.2. The summed E-state index contributed by atoms with van der Waals surface area (Å²) in [4.78, 5) is 12.9. The average Bonchev–Trinajstić information content (AvgIpc) is 2.72. The van der Waals surface area contributed by atoms with E-state index in [4.69, 9.17) is 5.11 Å². The van der Waals surface area contributed by atoms with Crippen LogP contribution in [-0.2, 0) is 11.3 Å². The van der Waals surface area contributed by atoms with Gasteiger partial charge >= 0.3 is 12.3 Å². The van der Waals surface area contributed by atoms with Crippen molar-refractivity contribution in [2.45, 2.75) is 12.8 Å². The van der Waals surface area contributed by atoms with Gasteiger partial charge in [-0.3, -0.25) is 9.69 Å². The van der Waals surface area contributed by atoms with E-state index in [1.165, 1.54) is 12.1 Å². The molecule has 1 aromatic carbocycles. The third-order valence-electron chi connectivity index (χ3n) is 3.38. The monoisotopic (exact) mass is 297 g/mol. The smallest absolute Gasteiger partial charge is 0.481 e. The van der Waals surface area contributed by atoms with Crippen LogP contribution < -0.4 is 9.47 Å². The molecule has 1 N–H and O–H groups in total. The molecule has 1 atom stereocenters. The zero-order chi connectivity index (χ0) is 15.0. The molecular formula is C14H13F2NO4. The van der Waals surface area contributed by atoms with Crippen LogP contribution in [0.3, 0.4) is 0 Å². The second-order valence-electron chi connectivity index (χ2n) is 5.02. The lowest BCUT2D eigenvalue weighted by molar-refractivity contribution is -0.286. The Morgan fingerprint density at radius 1 is 1.38 bits per heavy atom. The number of rotatable bonds is 3. The Morgan fingerprint density at radius 3 is 2.90 bits per heavy atom. The number of halogens is 2. The Kier molecular flexibility index (Phi) is 3.29. The summed E-state index contributed by atoms with van der Waals surface area (Å²) in [5, 5.41) is 9.01. The van der Waals surface area contributed by atoms with Gasteiger partial charge in [0.2, 0.25) is 0 Å². The fourth-order valence-corrected chi connectivity index (χ4v) is 2.43. The molecule has 112 valence electrons. The standard InChI is InChI=1S/C14H13F2NO4/c15-14(16)20-11-4-3-9(6-12(11)21-14)7-17-5-1-2-10(8-17)13(18)19/h1-4,6,10H,5,7-8H2,(H,18,19). The fourth-order valence-electron chi connectivity index (χ4n) is 2.43. The predicted molar refractivity (Wildman–Crippen MR) is 68.2 cm³/mol. The van der Waals surface area contributed by atoms with Crippen molar-refractivity contribution in [1.82, 2.24) is 4.90 Å². The van der Waals surface area contributed by atoms with Gasteiger partial charge in [-0.2, -0.15) is 0 Å². The second-order valence-corrected chi connectivity index (χ2v) is 5.02. The van der Waals surface area contributed by atoms with Gasteiger partial charge < -0.3 is 14.6 Å². The molecule has 5 nitrogen and oxygen atoms in total. The molecule has 2 heterocycles. The Balaban J connectivity index is 1.70. The minimum atomic E-state index is -3.62. The quantitative estimate of drug-likeness (QED) is 0.866. The Hall–Kier alpha value is -2.15. The second kappa shape index (κ2) is 5.00. The lowest BCUT2D eigenvalue weighted by Crippen LogP contribution is -2.35. The molecular weight excluding hydrogens is 284 g/mol. The Bertz CT molecular complexity index is 603. The molecule has 1 unspecified atom stereocenters. The van der Waals surface area contributed by atoms with E-state index in [2.05, 4.69) is 9.47 Å². The Labute approximate surface area is 119 Å². The highest BCUT2D eigenvalue weighted by molar-refractivity contribution is 5.72. The molecule has 7 heteroatoms. The summed E-state index contributed by atoms with van der Waals surface area (Å²) in [6.07, 6.45) is -0.161. The first kappa shape index (κ1) is 13.8. The number of fused-ring (bicyclic) bond motifs is 1. The SMILES string of the molecule is O=C(O)C1C=CCN(Cc2ccc3c(c2)OC(F)(F)O3)C1. The maximum Gasteiger partial charge on any atom is 0.586 e. The molecule has 0 amide bonds. The van der Waals surface area contributed by atoms with Gasteiger partial charge in [-0.25, -0.2) is 0 Å². The first-order valence-corrected chi connectivity index (χ1v) is 6.43. The fraction of sp³-hybridized carbons (Fsp3) is 0.357. The van der Waals surface area contributed by atoms with E-state index in [-0.39, 0.29) is 11.5 Å². The molecule has 2 aliphatic rings. The topological polar surface area (TPSA) is 59.0 Å². The zero-order valence-electron chi connectivity index (χ0n) is 11.0. The van der Waals surface area contributed by atoms with E-state index < -0.39 is 18.2 Å². The van der Waals surface area contributed by atoms with E-state index in [0.29, 0.717) is 19.6 Å². The number of benzene rings is 1. The van der Waals surface area contributed by atoms with Gasteiger partial charge in [0.05, 0.1) is 5.92 Å². The summed E-state index contributed by atoms with van der Waals surface area (Å²) in [5.74, 6) is -1.41. The highest BCUT2D eigenvalue weighted by atomic mass is 19.3. The lowest BCUT2D eigenvalue weighted by Gasteiger charge is -2.26. The largest absolute Gasteiger partial charge is 0.586 e. The number of alkyl halides is 2. The predicted octanol–water partition coefficient (Wildman–Crippen LogP) is 2.08. The number of carboxylic acid groups (broad SMARTS) is 1. The highest BCUT2D eigenvalue weighted by Crippen LogP contribution is 2.41. The molecule has 0 aliphatic carbocycles. The maximum atomic E-state index is 12.9. The number of hydrogen-bond donors (Lipinski definition) is 1. The van der Waals surface area contributed by atoms with Crippen LogP contribution in [0.2, 0.25) is 0 Å². The average molecular weight is 297 g/mol. The lowest BCUT2D eigenvalue weighted by atomic mass is 10.0. The first-order chi connectivity index (χ1) is 9.93. The van der Waals surface area contributed by atoms with Crippen molar-refractivity contribution >= 4 is 5.97 Å². The van der Waals surface area contributed by atoms with Gasteiger partial charge in [-0.15, -0.1) is 8.78 Å². The van der Waals surface area contributed by atoms with Gasteiger partial charge in [-0.05, 0) is 17.7 Å². The molecule has 0 saturated heterocycles. The molecule has 0 spiro atoms. The zero-order valence-corrected chi connectivity index (χ0v) is 11.0. The molecule has 3 rings (SSSR count). The van der Waals surface area contributed by atoms with Crippen molar-refractivity contribution in [3.05, 3.63) is 35.9 Å². The van der Waals surface area contributed by atoms with Crippen LogP contribution in [0.1, 0.15) is 5.56 Å².